The van der Waals surface area contributed by atoms with Crippen molar-refractivity contribution in [2.24, 2.45) is 0 Å². The Balaban J connectivity index is 2.59. The molecule has 0 bridgehead atoms. The van der Waals surface area contributed by atoms with Crippen LogP contribution >= 0.6 is 11.6 Å². The van der Waals surface area contributed by atoms with E-state index in [1.165, 1.54) is 18.2 Å². The van der Waals surface area contributed by atoms with E-state index in [1.807, 2.05) is 0 Å². The van der Waals surface area contributed by atoms with Crippen molar-refractivity contribution in [3.63, 3.8) is 0 Å². The maximum absolute atomic E-state index is 11.2. The highest BCUT2D eigenvalue weighted by atomic mass is 35.5. The lowest BCUT2D eigenvalue weighted by Gasteiger charge is -2.12. The molecule has 0 radical (unpaired) electrons. The van der Waals surface area contributed by atoms with Crippen molar-refractivity contribution in [2.75, 3.05) is 5.32 Å². The minimum absolute atomic E-state index is 0.0691. The molecule has 0 heterocycles. The maximum atomic E-state index is 11.2. The smallest absolute Gasteiger partial charge is 0.338 e. The van der Waals surface area contributed by atoms with Crippen LogP contribution in [0.3, 0.4) is 0 Å². The Morgan fingerprint density at radius 1 is 1.33 bits per heavy atom. The SMILES string of the molecule is Cc1ccc(Cl)cc1Nc1c(C(=O)O)cccc1[N+](=O)[O-]. The number of hydrogen-bond acceptors (Lipinski definition) is 4. The van der Waals surface area contributed by atoms with Crippen molar-refractivity contribution >= 4 is 34.6 Å². The fraction of sp³-hybridized carbons (Fsp3) is 0.0714. The van der Waals surface area contributed by atoms with Crippen molar-refractivity contribution in [1.29, 1.82) is 0 Å². The molecule has 0 fully saturated rings. The molecule has 2 rings (SSSR count). The molecule has 0 saturated carbocycles. The molecule has 6 nitrogen and oxygen atoms in total. The van der Waals surface area contributed by atoms with E-state index in [0.29, 0.717) is 10.7 Å². The Morgan fingerprint density at radius 2 is 2.05 bits per heavy atom. The van der Waals surface area contributed by atoms with Crippen molar-refractivity contribution in [3.8, 4) is 0 Å². The molecule has 2 aromatic rings. The Bertz CT molecular complexity index is 699. The second-order valence-electron chi connectivity index (χ2n) is 4.35. The van der Waals surface area contributed by atoms with Crippen LogP contribution in [0.5, 0.6) is 0 Å². The van der Waals surface area contributed by atoms with E-state index < -0.39 is 10.9 Å². The summed E-state index contributed by atoms with van der Waals surface area (Å²) in [5.41, 5.74) is 0.742. The number of carboxylic acid groups (broad SMARTS) is 1. The van der Waals surface area contributed by atoms with Gasteiger partial charge in [-0.15, -0.1) is 0 Å². The molecule has 0 aliphatic carbocycles. The quantitative estimate of drug-likeness (QED) is 0.658. The lowest BCUT2D eigenvalue weighted by molar-refractivity contribution is -0.383. The van der Waals surface area contributed by atoms with E-state index in [2.05, 4.69) is 5.32 Å². The van der Waals surface area contributed by atoms with E-state index in [9.17, 15) is 20.0 Å². The summed E-state index contributed by atoms with van der Waals surface area (Å²) in [6.45, 7) is 1.79. The number of aryl methyl sites for hydroxylation is 1. The molecular formula is C14H11ClN2O4. The van der Waals surface area contributed by atoms with Crippen molar-refractivity contribution in [3.05, 3.63) is 62.7 Å². The van der Waals surface area contributed by atoms with Crippen LogP contribution in [0.25, 0.3) is 0 Å². The topological polar surface area (TPSA) is 92.5 Å². The number of nitro groups is 1. The molecule has 2 aromatic carbocycles. The van der Waals surface area contributed by atoms with Crippen molar-refractivity contribution < 1.29 is 14.8 Å². The predicted molar refractivity (Wildman–Crippen MR) is 79.5 cm³/mol. The van der Waals surface area contributed by atoms with Crippen LogP contribution in [0.15, 0.2) is 36.4 Å². The zero-order valence-electron chi connectivity index (χ0n) is 11.0. The van der Waals surface area contributed by atoms with Gasteiger partial charge < -0.3 is 10.4 Å². The summed E-state index contributed by atoms with van der Waals surface area (Å²) >= 11 is 5.90. The molecule has 0 unspecified atom stereocenters. The van der Waals surface area contributed by atoms with Crippen LogP contribution in [0.4, 0.5) is 17.1 Å². The molecule has 0 aliphatic rings. The van der Waals surface area contributed by atoms with E-state index >= 15 is 0 Å². The number of hydrogen-bond donors (Lipinski definition) is 2. The van der Waals surface area contributed by atoms with Crippen LogP contribution in [-0.4, -0.2) is 16.0 Å². The number of halogens is 1. The molecule has 0 atom stereocenters. The lowest BCUT2D eigenvalue weighted by atomic mass is 10.1. The van der Waals surface area contributed by atoms with Gasteiger partial charge in [-0.05, 0) is 30.7 Å². The number of nitrogens with zero attached hydrogens (tertiary/aromatic N) is 1. The summed E-state index contributed by atoms with van der Waals surface area (Å²) < 4.78 is 0. The summed E-state index contributed by atoms with van der Waals surface area (Å²) in [5.74, 6) is -1.25. The second kappa shape index (κ2) is 5.80. The van der Waals surface area contributed by atoms with Crippen LogP contribution < -0.4 is 5.32 Å². The van der Waals surface area contributed by atoms with Crippen LogP contribution in [0.2, 0.25) is 5.02 Å². The molecule has 0 saturated heterocycles. The normalized spacial score (nSPS) is 10.2. The molecule has 108 valence electrons. The summed E-state index contributed by atoms with van der Waals surface area (Å²) in [6, 6.07) is 8.88. The Hall–Kier alpha value is -2.60. The highest BCUT2D eigenvalue weighted by molar-refractivity contribution is 6.30. The summed E-state index contributed by atoms with van der Waals surface area (Å²) in [4.78, 5) is 21.7. The maximum Gasteiger partial charge on any atom is 0.338 e. The lowest BCUT2D eigenvalue weighted by Crippen LogP contribution is -2.06. The molecule has 21 heavy (non-hydrogen) atoms. The first-order valence-electron chi connectivity index (χ1n) is 5.94. The first-order chi connectivity index (χ1) is 9.90. The van der Waals surface area contributed by atoms with Gasteiger partial charge >= 0.3 is 5.97 Å². The van der Waals surface area contributed by atoms with Gasteiger partial charge in [0.15, 0.2) is 0 Å². The van der Waals surface area contributed by atoms with Crippen LogP contribution in [-0.2, 0) is 0 Å². The van der Waals surface area contributed by atoms with Gasteiger partial charge in [-0.25, -0.2) is 4.79 Å². The van der Waals surface area contributed by atoms with Crippen LogP contribution in [0, 0.1) is 17.0 Å². The molecule has 0 amide bonds. The van der Waals surface area contributed by atoms with Gasteiger partial charge in [0.05, 0.1) is 10.5 Å². The number of anilines is 2. The van der Waals surface area contributed by atoms with Gasteiger partial charge in [0.25, 0.3) is 5.69 Å². The Kier molecular flexibility index (Phi) is 4.09. The Morgan fingerprint density at radius 3 is 2.67 bits per heavy atom. The first-order valence-corrected chi connectivity index (χ1v) is 6.32. The first kappa shape index (κ1) is 14.8. The van der Waals surface area contributed by atoms with Crippen molar-refractivity contribution in [1.82, 2.24) is 0 Å². The third-order valence-corrected chi connectivity index (χ3v) is 3.16. The third-order valence-electron chi connectivity index (χ3n) is 2.93. The zero-order chi connectivity index (χ0) is 15.6. The fourth-order valence-electron chi connectivity index (χ4n) is 1.87. The third kappa shape index (κ3) is 3.11. The highest BCUT2D eigenvalue weighted by Crippen LogP contribution is 2.33. The minimum atomic E-state index is -1.25. The average Bonchev–Trinajstić information content (AvgIpc) is 2.42. The van der Waals surface area contributed by atoms with E-state index in [-0.39, 0.29) is 16.9 Å². The van der Waals surface area contributed by atoms with E-state index in [4.69, 9.17) is 11.6 Å². The number of aromatic carboxylic acids is 1. The van der Waals surface area contributed by atoms with Gasteiger partial charge in [0, 0.05) is 16.8 Å². The summed E-state index contributed by atoms with van der Waals surface area (Å²) in [7, 11) is 0. The number of nitro benzene ring substituents is 1. The monoisotopic (exact) mass is 306 g/mol. The van der Waals surface area contributed by atoms with E-state index in [1.54, 1.807) is 25.1 Å². The van der Waals surface area contributed by atoms with Gasteiger partial charge in [0.1, 0.15) is 5.69 Å². The predicted octanol–water partition coefficient (Wildman–Crippen LogP) is 4.00. The summed E-state index contributed by atoms with van der Waals surface area (Å²) in [6.07, 6.45) is 0. The van der Waals surface area contributed by atoms with E-state index in [0.717, 1.165) is 5.56 Å². The highest BCUT2D eigenvalue weighted by Gasteiger charge is 2.21. The van der Waals surface area contributed by atoms with Crippen LogP contribution in [0.1, 0.15) is 15.9 Å². The molecular weight excluding hydrogens is 296 g/mol. The number of carboxylic acids is 1. The van der Waals surface area contributed by atoms with Gasteiger partial charge in [-0.1, -0.05) is 23.7 Å². The van der Waals surface area contributed by atoms with Gasteiger partial charge in [0.2, 0.25) is 0 Å². The molecule has 0 aliphatic heterocycles. The second-order valence-corrected chi connectivity index (χ2v) is 4.78. The van der Waals surface area contributed by atoms with Crippen molar-refractivity contribution in [2.45, 2.75) is 6.92 Å². The number of carbonyl (C=O) groups is 1. The fourth-order valence-corrected chi connectivity index (χ4v) is 2.04. The molecule has 7 heteroatoms. The molecule has 2 N–H and O–H groups in total. The zero-order valence-corrected chi connectivity index (χ0v) is 11.7. The average molecular weight is 307 g/mol. The molecule has 0 aromatic heterocycles. The van der Waals surface area contributed by atoms with Gasteiger partial charge in [-0.3, -0.25) is 10.1 Å². The largest absolute Gasteiger partial charge is 0.478 e. The number of benzene rings is 2. The number of para-hydroxylation sites is 1. The molecule has 0 spiro atoms. The van der Waals surface area contributed by atoms with Gasteiger partial charge in [-0.2, -0.15) is 0 Å². The Labute approximate surface area is 125 Å². The number of nitrogens with one attached hydrogen (secondary N) is 1. The minimum Gasteiger partial charge on any atom is -0.478 e. The summed E-state index contributed by atoms with van der Waals surface area (Å²) in [5, 5.41) is 23.5. The number of rotatable bonds is 4. The standard InChI is InChI=1S/C14H11ClN2O4/c1-8-5-6-9(15)7-11(8)16-13-10(14(18)19)3-2-4-12(13)17(20)21/h2-7,16H,1H3,(H,18,19).